The van der Waals surface area contributed by atoms with Crippen molar-refractivity contribution in [2.24, 2.45) is 0 Å². The highest BCUT2D eigenvalue weighted by Gasteiger charge is 2.39. The number of nitrogens with zero attached hydrogens (tertiary/aromatic N) is 2. The lowest BCUT2D eigenvalue weighted by Gasteiger charge is -2.21. The lowest BCUT2D eigenvalue weighted by molar-refractivity contribution is -0.129. The number of carbonyl (C=O) groups excluding carboxylic acids is 2. The molecule has 2 heterocycles. The van der Waals surface area contributed by atoms with Gasteiger partial charge in [-0.15, -0.1) is 0 Å². The molecule has 2 aromatic rings. The molecule has 26 heavy (non-hydrogen) atoms. The summed E-state index contributed by atoms with van der Waals surface area (Å²) in [5.41, 5.74) is 3.32. The molecule has 1 aliphatic heterocycles. The Balaban J connectivity index is 1.47. The van der Waals surface area contributed by atoms with Gasteiger partial charge in [0.05, 0.1) is 6.04 Å². The third-order valence-electron chi connectivity index (χ3n) is 5.08. The first-order valence-electron chi connectivity index (χ1n) is 8.79. The van der Waals surface area contributed by atoms with E-state index in [9.17, 15) is 9.59 Å². The topological polar surface area (TPSA) is 59.5 Å². The van der Waals surface area contributed by atoms with Crippen molar-refractivity contribution >= 4 is 34.6 Å². The van der Waals surface area contributed by atoms with Gasteiger partial charge in [-0.1, -0.05) is 30.3 Å². The Morgan fingerprint density at radius 3 is 2.92 bits per heavy atom. The van der Waals surface area contributed by atoms with E-state index in [2.05, 4.69) is 33.6 Å². The zero-order valence-corrected chi connectivity index (χ0v) is 16.4. The molecule has 1 saturated heterocycles. The van der Waals surface area contributed by atoms with Gasteiger partial charge >= 0.3 is 6.09 Å². The molecule has 2 atom stereocenters. The summed E-state index contributed by atoms with van der Waals surface area (Å²) in [7, 11) is 0. The Kier molecular flexibility index (Phi) is 4.93. The number of hydrogen-bond acceptors (Lipinski definition) is 4. The molecule has 1 fully saturated rings. The number of benzene rings is 1. The van der Waals surface area contributed by atoms with E-state index in [1.165, 1.54) is 10.5 Å². The molecule has 2 aliphatic rings. The Labute approximate surface area is 165 Å². The molecule has 4 rings (SSSR count). The third kappa shape index (κ3) is 3.47. The number of fused-ring (bicyclic) bond motifs is 1. The van der Waals surface area contributed by atoms with Gasteiger partial charge in [0.25, 0.3) is 0 Å². The molecule has 1 aliphatic carbocycles. The lowest BCUT2D eigenvalue weighted by atomic mass is 10.0. The molecule has 0 saturated carbocycles. The number of ether oxygens (including phenoxy) is 1. The Morgan fingerprint density at radius 2 is 2.12 bits per heavy atom. The molecular weight excluding hydrogens is 443 g/mol. The Bertz CT molecular complexity index is 840. The number of halogens is 1. The number of aryl methyl sites for hydroxylation is 1. The van der Waals surface area contributed by atoms with Gasteiger partial charge in [-0.3, -0.25) is 9.78 Å². The average molecular weight is 462 g/mol. The average Bonchev–Trinajstić information content (AvgIpc) is 3.19. The van der Waals surface area contributed by atoms with Crippen LogP contribution >= 0.6 is 22.6 Å². The second kappa shape index (κ2) is 7.34. The number of imide groups is 1. The zero-order valence-electron chi connectivity index (χ0n) is 14.2. The fourth-order valence-electron chi connectivity index (χ4n) is 3.84. The van der Waals surface area contributed by atoms with Gasteiger partial charge in [0.1, 0.15) is 6.61 Å². The van der Waals surface area contributed by atoms with Crippen LogP contribution in [0.4, 0.5) is 4.79 Å². The highest BCUT2D eigenvalue weighted by molar-refractivity contribution is 14.1. The number of hydrogen-bond donors (Lipinski definition) is 0. The smallest absolute Gasteiger partial charge is 0.416 e. The summed E-state index contributed by atoms with van der Waals surface area (Å²) >= 11 is 2.25. The first-order valence-corrected chi connectivity index (χ1v) is 9.87. The van der Waals surface area contributed by atoms with E-state index in [1.54, 1.807) is 0 Å². The lowest BCUT2D eigenvalue weighted by Crippen LogP contribution is -2.40. The van der Waals surface area contributed by atoms with Gasteiger partial charge < -0.3 is 4.74 Å². The molecule has 1 aromatic carbocycles. The Morgan fingerprint density at radius 1 is 1.31 bits per heavy atom. The van der Waals surface area contributed by atoms with E-state index in [1.807, 2.05) is 36.5 Å². The van der Waals surface area contributed by atoms with Crippen molar-refractivity contribution < 1.29 is 14.3 Å². The predicted octanol–water partition coefficient (Wildman–Crippen LogP) is 3.70. The summed E-state index contributed by atoms with van der Waals surface area (Å²) in [6.45, 7) is 0.261. The van der Waals surface area contributed by atoms with E-state index in [0.717, 1.165) is 27.7 Å². The van der Waals surface area contributed by atoms with Crippen molar-refractivity contribution in [3.8, 4) is 0 Å². The van der Waals surface area contributed by atoms with Gasteiger partial charge in [0, 0.05) is 27.8 Å². The van der Waals surface area contributed by atoms with Crippen LogP contribution in [0.1, 0.15) is 35.6 Å². The maximum Gasteiger partial charge on any atom is 0.416 e. The van der Waals surface area contributed by atoms with Crippen molar-refractivity contribution in [2.75, 3.05) is 6.61 Å². The minimum atomic E-state index is -0.523. The van der Waals surface area contributed by atoms with Gasteiger partial charge in [-0.2, -0.15) is 0 Å². The first kappa shape index (κ1) is 17.5. The van der Waals surface area contributed by atoms with Gasteiger partial charge in [0.15, 0.2) is 0 Å². The number of pyridine rings is 1. The van der Waals surface area contributed by atoms with E-state index in [-0.39, 0.29) is 24.5 Å². The molecule has 2 amide bonds. The molecule has 0 N–H and O–H groups in total. The highest BCUT2D eigenvalue weighted by Crippen LogP contribution is 2.35. The maximum atomic E-state index is 12.9. The molecule has 5 nitrogen and oxygen atoms in total. The number of rotatable bonds is 4. The molecule has 0 bridgehead atoms. The Hall–Kier alpha value is -1.96. The summed E-state index contributed by atoms with van der Waals surface area (Å²) in [5, 5.41) is 0. The van der Waals surface area contributed by atoms with E-state index >= 15 is 0 Å². The monoisotopic (exact) mass is 462 g/mol. The summed E-state index contributed by atoms with van der Waals surface area (Å²) in [6, 6.07) is 11.8. The third-order valence-corrected chi connectivity index (χ3v) is 5.67. The van der Waals surface area contributed by atoms with E-state index < -0.39 is 6.09 Å². The molecule has 134 valence electrons. The predicted molar refractivity (Wildman–Crippen MR) is 105 cm³/mol. The van der Waals surface area contributed by atoms with Crippen LogP contribution in [0.5, 0.6) is 0 Å². The number of carbonyl (C=O) groups is 2. The fraction of sp³-hybridized carbons (Fsp3) is 0.350. The van der Waals surface area contributed by atoms with Crippen molar-refractivity contribution in [3.63, 3.8) is 0 Å². The van der Waals surface area contributed by atoms with Gasteiger partial charge in [0.2, 0.25) is 5.91 Å². The van der Waals surface area contributed by atoms with Gasteiger partial charge in [-0.25, -0.2) is 9.69 Å². The van der Waals surface area contributed by atoms with Crippen LogP contribution in [0.25, 0.3) is 0 Å². The van der Waals surface area contributed by atoms with Crippen molar-refractivity contribution in [1.29, 1.82) is 0 Å². The SMILES string of the molecule is O=C(C[C@H]1CCc2cc(I)cnc21)N1C(=O)OC[C@@H]1Cc1ccccc1. The molecule has 0 radical (unpaired) electrons. The number of aromatic nitrogens is 1. The van der Waals surface area contributed by atoms with Crippen molar-refractivity contribution in [3.05, 3.63) is 63.0 Å². The first-order chi connectivity index (χ1) is 12.6. The van der Waals surface area contributed by atoms with Gasteiger partial charge in [-0.05, 0) is 59.0 Å². The standard InChI is InChI=1S/C20H19IN2O3/c21-16-9-14-6-7-15(19(14)22-11-16)10-18(24)23-17(12-26-20(23)25)8-13-4-2-1-3-5-13/h1-5,9,11,15,17H,6-8,10,12H2/t15-,17+/m1/s1. The highest BCUT2D eigenvalue weighted by atomic mass is 127. The van der Waals surface area contributed by atoms with Crippen LogP contribution in [0, 0.1) is 3.57 Å². The molecule has 0 spiro atoms. The largest absolute Gasteiger partial charge is 0.447 e. The second-order valence-electron chi connectivity index (χ2n) is 6.82. The summed E-state index contributed by atoms with van der Waals surface area (Å²) < 4.78 is 6.28. The maximum absolute atomic E-state index is 12.9. The number of amides is 2. The minimum Gasteiger partial charge on any atom is -0.447 e. The second-order valence-corrected chi connectivity index (χ2v) is 8.07. The summed E-state index contributed by atoms with van der Waals surface area (Å²) in [4.78, 5) is 30.9. The molecule has 1 aromatic heterocycles. The normalized spacial score (nSPS) is 21.6. The van der Waals surface area contributed by atoms with Crippen molar-refractivity contribution in [2.45, 2.75) is 37.6 Å². The van der Waals surface area contributed by atoms with Crippen LogP contribution in [-0.4, -0.2) is 34.5 Å². The minimum absolute atomic E-state index is 0.0836. The fourth-order valence-corrected chi connectivity index (χ4v) is 4.35. The molecular formula is C20H19IN2O3. The van der Waals surface area contributed by atoms with Crippen LogP contribution in [0.2, 0.25) is 0 Å². The van der Waals surface area contributed by atoms with Crippen LogP contribution in [0.15, 0.2) is 42.6 Å². The van der Waals surface area contributed by atoms with E-state index in [4.69, 9.17) is 4.74 Å². The summed E-state index contributed by atoms with van der Waals surface area (Å²) in [6.07, 6.45) is 4.08. The number of cyclic esters (lactones) is 1. The van der Waals surface area contributed by atoms with Crippen molar-refractivity contribution in [1.82, 2.24) is 9.88 Å². The zero-order chi connectivity index (χ0) is 18.1. The quantitative estimate of drug-likeness (QED) is 0.651. The molecule has 6 heteroatoms. The van der Waals surface area contributed by atoms with Crippen LogP contribution in [0.3, 0.4) is 0 Å². The molecule has 0 unspecified atom stereocenters. The van der Waals surface area contributed by atoms with Crippen LogP contribution < -0.4 is 0 Å². The van der Waals surface area contributed by atoms with E-state index in [0.29, 0.717) is 12.8 Å². The summed E-state index contributed by atoms with van der Waals surface area (Å²) in [5.74, 6) is -0.0769. The van der Waals surface area contributed by atoms with Crippen LogP contribution in [-0.2, 0) is 22.4 Å².